The van der Waals surface area contributed by atoms with E-state index in [0.29, 0.717) is 6.04 Å². The molecule has 0 aromatic heterocycles. The van der Waals surface area contributed by atoms with Gasteiger partial charge in [-0.05, 0) is 58.0 Å². The van der Waals surface area contributed by atoms with Gasteiger partial charge in [-0.25, -0.2) is 0 Å². The van der Waals surface area contributed by atoms with Crippen molar-refractivity contribution in [3.8, 4) is 5.75 Å². The van der Waals surface area contributed by atoms with E-state index in [9.17, 15) is 4.79 Å². The SMILES string of the molecule is Cc1ccccc1OCCCN1CCC(N(C)CC(=O)O)CC1.Cl. The number of halogens is 1. The zero-order valence-electron chi connectivity index (χ0n) is 14.6. The van der Waals surface area contributed by atoms with Crippen LogP contribution in [0, 0.1) is 6.92 Å². The van der Waals surface area contributed by atoms with Crippen LogP contribution in [0.15, 0.2) is 24.3 Å². The molecule has 0 amide bonds. The van der Waals surface area contributed by atoms with Crippen LogP contribution >= 0.6 is 12.4 Å². The number of carboxylic acids is 1. The number of carboxylic acid groups (broad SMARTS) is 1. The summed E-state index contributed by atoms with van der Waals surface area (Å²) in [6.45, 7) is 6.06. The maximum atomic E-state index is 10.8. The smallest absolute Gasteiger partial charge is 0.317 e. The second-order valence-electron chi connectivity index (χ2n) is 6.35. The summed E-state index contributed by atoms with van der Waals surface area (Å²) in [7, 11) is 1.91. The molecule has 6 heteroatoms. The number of likely N-dealkylation sites (tertiary alicyclic amines) is 1. The van der Waals surface area contributed by atoms with Crippen LogP contribution in [0.25, 0.3) is 0 Å². The van der Waals surface area contributed by atoms with E-state index in [4.69, 9.17) is 9.84 Å². The molecule has 1 N–H and O–H groups in total. The number of likely N-dealkylation sites (N-methyl/N-ethyl adjacent to an activating group) is 1. The molecule has 0 unspecified atom stereocenters. The third-order valence-electron chi connectivity index (χ3n) is 4.53. The van der Waals surface area contributed by atoms with Gasteiger partial charge in [0.05, 0.1) is 13.2 Å². The quantitative estimate of drug-likeness (QED) is 0.726. The Balaban J connectivity index is 0.00000288. The number of rotatable bonds is 8. The molecule has 0 saturated carbocycles. The van der Waals surface area contributed by atoms with Gasteiger partial charge in [-0.2, -0.15) is 0 Å². The minimum atomic E-state index is -0.747. The largest absolute Gasteiger partial charge is 0.493 e. The van der Waals surface area contributed by atoms with E-state index in [-0.39, 0.29) is 19.0 Å². The molecule has 1 fully saturated rings. The Kier molecular flexibility index (Phi) is 9.11. The fraction of sp³-hybridized carbons (Fsp3) is 0.611. The number of piperidine rings is 1. The average Bonchev–Trinajstić information content (AvgIpc) is 2.53. The van der Waals surface area contributed by atoms with Crippen molar-refractivity contribution in [1.82, 2.24) is 9.80 Å². The number of hydrogen-bond acceptors (Lipinski definition) is 4. The molecule has 136 valence electrons. The normalized spacial score (nSPS) is 16.0. The number of nitrogens with zero attached hydrogens (tertiary/aromatic N) is 2. The van der Waals surface area contributed by atoms with Gasteiger partial charge in [-0.15, -0.1) is 12.4 Å². The van der Waals surface area contributed by atoms with Crippen molar-refractivity contribution in [3.63, 3.8) is 0 Å². The predicted molar refractivity (Wildman–Crippen MR) is 98.3 cm³/mol. The minimum absolute atomic E-state index is 0. The number of carbonyl (C=O) groups is 1. The maximum Gasteiger partial charge on any atom is 0.317 e. The summed E-state index contributed by atoms with van der Waals surface area (Å²) in [6.07, 6.45) is 3.11. The van der Waals surface area contributed by atoms with E-state index in [1.807, 2.05) is 30.1 Å². The number of para-hydroxylation sites is 1. The fourth-order valence-electron chi connectivity index (χ4n) is 3.11. The van der Waals surface area contributed by atoms with Crippen LogP contribution in [0.3, 0.4) is 0 Å². The summed E-state index contributed by atoms with van der Waals surface area (Å²) in [6, 6.07) is 8.49. The van der Waals surface area contributed by atoms with E-state index in [0.717, 1.165) is 51.3 Å². The topological polar surface area (TPSA) is 53.0 Å². The Hall–Kier alpha value is -1.30. The standard InChI is InChI=1S/C18H28N2O3.ClH/c1-15-6-3-4-7-17(15)23-13-5-10-20-11-8-16(9-12-20)19(2)14-18(21)22;/h3-4,6-7,16H,5,8-14H2,1-2H3,(H,21,22);1H. The first-order valence-corrected chi connectivity index (χ1v) is 8.39. The van der Waals surface area contributed by atoms with Gasteiger partial charge >= 0.3 is 5.97 Å². The number of aryl methyl sites for hydroxylation is 1. The number of ether oxygens (including phenoxy) is 1. The third-order valence-corrected chi connectivity index (χ3v) is 4.53. The van der Waals surface area contributed by atoms with Crippen LogP contribution in [-0.2, 0) is 4.79 Å². The van der Waals surface area contributed by atoms with E-state index in [1.165, 1.54) is 5.56 Å². The molecule has 0 bridgehead atoms. The van der Waals surface area contributed by atoms with Crippen molar-refractivity contribution < 1.29 is 14.6 Å². The lowest BCUT2D eigenvalue weighted by Crippen LogP contribution is -2.45. The molecule has 1 aliphatic heterocycles. The minimum Gasteiger partial charge on any atom is -0.493 e. The summed E-state index contributed by atoms with van der Waals surface area (Å²) in [5.41, 5.74) is 1.18. The average molecular weight is 357 g/mol. The molecule has 1 heterocycles. The first kappa shape index (κ1) is 20.7. The zero-order chi connectivity index (χ0) is 16.7. The highest BCUT2D eigenvalue weighted by molar-refractivity contribution is 5.85. The summed E-state index contributed by atoms with van der Waals surface area (Å²) in [4.78, 5) is 15.2. The Morgan fingerprint density at radius 3 is 2.62 bits per heavy atom. The molecule has 1 saturated heterocycles. The van der Waals surface area contributed by atoms with Gasteiger partial charge in [0.15, 0.2) is 0 Å². The number of benzene rings is 1. The highest BCUT2D eigenvalue weighted by Gasteiger charge is 2.23. The van der Waals surface area contributed by atoms with Crippen LogP contribution in [0.4, 0.5) is 0 Å². The molecule has 1 aliphatic rings. The van der Waals surface area contributed by atoms with E-state index in [2.05, 4.69) is 17.9 Å². The first-order valence-electron chi connectivity index (χ1n) is 8.39. The van der Waals surface area contributed by atoms with Crippen molar-refractivity contribution in [2.75, 3.05) is 39.8 Å². The summed E-state index contributed by atoms with van der Waals surface area (Å²) in [5.74, 6) is 0.227. The van der Waals surface area contributed by atoms with E-state index < -0.39 is 5.97 Å². The monoisotopic (exact) mass is 356 g/mol. The van der Waals surface area contributed by atoms with Crippen molar-refractivity contribution in [2.45, 2.75) is 32.2 Å². The van der Waals surface area contributed by atoms with Gasteiger partial charge in [0, 0.05) is 12.6 Å². The van der Waals surface area contributed by atoms with E-state index >= 15 is 0 Å². The highest BCUT2D eigenvalue weighted by atomic mass is 35.5. The molecular formula is C18H29ClN2O3. The van der Waals surface area contributed by atoms with Crippen LogP contribution < -0.4 is 4.74 Å². The highest BCUT2D eigenvalue weighted by Crippen LogP contribution is 2.17. The molecule has 5 nitrogen and oxygen atoms in total. The molecule has 2 rings (SSSR count). The number of hydrogen-bond donors (Lipinski definition) is 1. The molecule has 0 aliphatic carbocycles. The number of aliphatic carboxylic acids is 1. The lowest BCUT2D eigenvalue weighted by atomic mass is 10.0. The first-order chi connectivity index (χ1) is 11.1. The van der Waals surface area contributed by atoms with Gasteiger partial charge in [-0.3, -0.25) is 9.69 Å². The Bertz CT molecular complexity index is 505. The lowest BCUT2D eigenvalue weighted by Gasteiger charge is -2.36. The van der Waals surface area contributed by atoms with Gasteiger partial charge in [0.2, 0.25) is 0 Å². The summed E-state index contributed by atoms with van der Waals surface area (Å²) >= 11 is 0. The van der Waals surface area contributed by atoms with Crippen LogP contribution in [0.1, 0.15) is 24.8 Å². The second kappa shape index (κ2) is 10.5. The molecule has 1 aromatic rings. The van der Waals surface area contributed by atoms with Crippen LogP contribution in [0.5, 0.6) is 5.75 Å². The molecule has 24 heavy (non-hydrogen) atoms. The Morgan fingerprint density at radius 1 is 1.33 bits per heavy atom. The zero-order valence-corrected chi connectivity index (χ0v) is 15.4. The molecule has 0 atom stereocenters. The molecule has 0 spiro atoms. The third kappa shape index (κ3) is 6.67. The van der Waals surface area contributed by atoms with Gasteiger partial charge in [0.25, 0.3) is 0 Å². The van der Waals surface area contributed by atoms with Gasteiger partial charge in [0.1, 0.15) is 5.75 Å². The predicted octanol–water partition coefficient (Wildman–Crippen LogP) is 2.67. The lowest BCUT2D eigenvalue weighted by molar-refractivity contribution is -0.138. The van der Waals surface area contributed by atoms with Crippen molar-refractivity contribution >= 4 is 18.4 Å². The van der Waals surface area contributed by atoms with E-state index in [1.54, 1.807) is 0 Å². The van der Waals surface area contributed by atoms with Crippen LogP contribution in [0.2, 0.25) is 0 Å². The van der Waals surface area contributed by atoms with Crippen LogP contribution in [-0.4, -0.2) is 66.8 Å². The summed E-state index contributed by atoms with van der Waals surface area (Å²) in [5, 5.41) is 8.86. The molecule has 0 radical (unpaired) electrons. The summed E-state index contributed by atoms with van der Waals surface area (Å²) < 4.78 is 5.83. The van der Waals surface area contributed by atoms with Crippen molar-refractivity contribution in [3.05, 3.63) is 29.8 Å². The maximum absolute atomic E-state index is 10.8. The second-order valence-corrected chi connectivity index (χ2v) is 6.35. The Morgan fingerprint density at radius 2 is 2.00 bits per heavy atom. The van der Waals surface area contributed by atoms with Crippen molar-refractivity contribution in [1.29, 1.82) is 0 Å². The van der Waals surface area contributed by atoms with Crippen molar-refractivity contribution in [2.24, 2.45) is 0 Å². The Labute approximate surface area is 151 Å². The van der Waals surface area contributed by atoms with Gasteiger partial charge < -0.3 is 14.7 Å². The molecule has 1 aromatic carbocycles. The fourth-order valence-corrected chi connectivity index (χ4v) is 3.11. The van der Waals surface area contributed by atoms with Gasteiger partial charge in [-0.1, -0.05) is 18.2 Å². The molecular weight excluding hydrogens is 328 g/mol.